The molecular formula is C14H11NO3. The van der Waals surface area contributed by atoms with Gasteiger partial charge in [0.1, 0.15) is 17.6 Å². The van der Waals surface area contributed by atoms with Gasteiger partial charge in [-0.25, -0.2) is 4.79 Å². The van der Waals surface area contributed by atoms with E-state index in [-0.39, 0.29) is 5.57 Å². The summed E-state index contributed by atoms with van der Waals surface area (Å²) in [4.78, 5) is 15.1. The molecule has 2 aromatic rings. The molecule has 0 radical (unpaired) electrons. The van der Waals surface area contributed by atoms with Gasteiger partial charge in [0, 0.05) is 6.20 Å². The van der Waals surface area contributed by atoms with E-state index in [9.17, 15) is 4.79 Å². The highest BCUT2D eigenvalue weighted by Gasteiger charge is 2.11. The van der Waals surface area contributed by atoms with Crippen LogP contribution < -0.4 is 4.74 Å². The second kappa shape index (κ2) is 5.63. The Labute approximate surface area is 104 Å². The second-order valence-electron chi connectivity index (χ2n) is 3.48. The molecule has 0 bridgehead atoms. The fourth-order valence-electron chi connectivity index (χ4n) is 1.37. The lowest BCUT2D eigenvalue weighted by Gasteiger charge is -2.03. The summed E-state index contributed by atoms with van der Waals surface area (Å²) in [5.41, 5.74) is 0.375. The second-order valence-corrected chi connectivity index (χ2v) is 3.48. The van der Waals surface area contributed by atoms with E-state index >= 15 is 0 Å². The molecule has 0 fully saturated rings. The van der Waals surface area contributed by atoms with E-state index in [1.54, 1.807) is 30.3 Å². The maximum atomic E-state index is 11.1. The number of pyridine rings is 1. The molecule has 0 unspecified atom stereocenters. The highest BCUT2D eigenvalue weighted by molar-refractivity contribution is 6.14. The van der Waals surface area contributed by atoms with Crippen molar-refractivity contribution in [3.8, 4) is 5.75 Å². The number of benzene rings is 1. The topological polar surface area (TPSA) is 59.4 Å². The van der Waals surface area contributed by atoms with Crippen molar-refractivity contribution in [2.24, 2.45) is 0 Å². The number of ether oxygens (including phenoxy) is 1. The lowest BCUT2D eigenvalue weighted by molar-refractivity contribution is -0.130. The molecule has 18 heavy (non-hydrogen) atoms. The van der Waals surface area contributed by atoms with E-state index in [0.717, 1.165) is 0 Å². The van der Waals surface area contributed by atoms with Crippen LogP contribution in [0.15, 0.2) is 61.0 Å². The average Bonchev–Trinajstić information content (AvgIpc) is 2.41. The van der Waals surface area contributed by atoms with Gasteiger partial charge < -0.3 is 9.84 Å². The molecule has 0 aliphatic heterocycles. The third-order valence-electron chi connectivity index (χ3n) is 2.23. The van der Waals surface area contributed by atoms with Crippen LogP contribution in [0.2, 0.25) is 0 Å². The zero-order valence-corrected chi connectivity index (χ0v) is 9.48. The summed E-state index contributed by atoms with van der Waals surface area (Å²) < 4.78 is 5.30. The maximum absolute atomic E-state index is 11.1. The normalized spacial score (nSPS) is 11.0. The monoisotopic (exact) mass is 241 g/mol. The van der Waals surface area contributed by atoms with E-state index in [2.05, 4.69) is 4.98 Å². The van der Waals surface area contributed by atoms with Crippen molar-refractivity contribution in [3.05, 3.63) is 66.7 Å². The van der Waals surface area contributed by atoms with Crippen LogP contribution in [0.4, 0.5) is 0 Å². The minimum atomic E-state index is -1.08. The predicted molar refractivity (Wildman–Crippen MR) is 66.9 cm³/mol. The fourth-order valence-corrected chi connectivity index (χ4v) is 1.37. The van der Waals surface area contributed by atoms with Crippen LogP contribution in [0.3, 0.4) is 0 Å². The lowest BCUT2D eigenvalue weighted by atomic mass is 10.2. The van der Waals surface area contributed by atoms with E-state index in [1.807, 2.05) is 18.2 Å². The maximum Gasteiger partial charge on any atom is 0.341 e. The van der Waals surface area contributed by atoms with Crippen molar-refractivity contribution in [3.63, 3.8) is 0 Å². The van der Waals surface area contributed by atoms with Crippen molar-refractivity contribution < 1.29 is 14.6 Å². The summed E-state index contributed by atoms with van der Waals surface area (Å²) in [6.45, 7) is 0. The van der Waals surface area contributed by atoms with Crippen molar-refractivity contribution in [1.82, 2.24) is 4.98 Å². The Morgan fingerprint density at radius 2 is 1.83 bits per heavy atom. The first-order chi connectivity index (χ1) is 8.77. The minimum absolute atomic E-state index is 0.0134. The van der Waals surface area contributed by atoms with Gasteiger partial charge in [0.15, 0.2) is 0 Å². The molecule has 4 heteroatoms. The van der Waals surface area contributed by atoms with Crippen LogP contribution in [-0.4, -0.2) is 16.1 Å². The van der Waals surface area contributed by atoms with Crippen LogP contribution in [0.25, 0.3) is 5.57 Å². The van der Waals surface area contributed by atoms with Crippen LogP contribution in [0.5, 0.6) is 5.75 Å². The first-order valence-corrected chi connectivity index (χ1v) is 5.34. The Hall–Kier alpha value is -2.62. The van der Waals surface area contributed by atoms with Crippen LogP contribution in [0, 0.1) is 0 Å². The smallest absolute Gasteiger partial charge is 0.341 e. The number of carboxylic acid groups (broad SMARTS) is 1. The molecule has 0 atom stereocenters. The summed E-state index contributed by atoms with van der Waals surface area (Å²) in [7, 11) is 0. The van der Waals surface area contributed by atoms with Crippen LogP contribution in [-0.2, 0) is 4.79 Å². The Morgan fingerprint density at radius 3 is 2.44 bits per heavy atom. The highest BCUT2D eigenvalue weighted by Crippen LogP contribution is 2.14. The number of hydrogen-bond donors (Lipinski definition) is 1. The third kappa shape index (κ3) is 2.95. The van der Waals surface area contributed by atoms with Gasteiger partial charge in [-0.05, 0) is 24.3 Å². The van der Waals surface area contributed by atoms with Gasteiger partial charge >= 0.3 is 5.97 Å². The molecule has 0 amide bonds. The van der Waals surface area contributed by atoms with Crippen LogP contribution in [0.1, 0.15) is 5.69 Å². The molecule has 90 valence electrons. The molecule has 0 aliphatic carbocycles. The molecule has 1 aromatic carbocycles. The minimum Gasteiger partial charge on any atom is -0.477 e. The Morgan fingerprint density at radius 1 is 1.11 bits per heavy atom. The van der Waals surface area contributed by atoms with Crippen molar-refractivity contribution in [2.45, 2.75) is 0 Å². The number of para-hydroxylation sites is 1. The van der Waals surface area contributed by atoms with Gasteiger partial charge in [0.05, 0.1) is 5.69 Å². The summed E-state index contributed by atoms with van der Waals surface area (Å²) in [5, 5.41) is 9.12. The predicted octanol–water partition coefficient (Wildman–Crippen LogP) is 2.59. The molecular weight excluding hydrogens is 230 g/mol. The van der Waals surface area contributed by atoms with Gasteiger partial charge in [-0.3, -0.25) is 4.98 Å². The van der Waals surface area contributed by atoms with E-state index in [4.69, 9.17) is 9.84 Å². The quantitative estimate of drug-likeness (QED) is 0.660. The molecule has 0 spiro atoms. The van der Waals surface area contributed by atoms with Crippen molar-refractivity contribution >= 4 is 11.5 Å². The lowest BCUT2D eigenvalue weighted by Crippen LogP contribution is -2.03. The SMILES string of the molecule is O=C(O)C(=COc1ccccc1)c1ccccn1. The Kier molecular flexibility index (Phi) is 3.71. The molecule has 0 saturated heterocycles. The summed E-state index contributed by atoms with van der Waals surface area (Å²) in [5.74, 6) is -0.503. The van der Waals surface area contributed by atoms with E-state index in [1.165, 1.54) is 12.5 Å². The largest absolute Gasteiger partial charge is 0.477 e. The zero-order chi connectivity index (χ0) is 12.8. The number of hydrogen-bond acceptors (Lipinski definition) is 3. The molecule has 2 rings (SSSR count). The number of aliphatic carboxylic acids is 1. The number of aromatic nitrogens is 1. The van der Waals surface area contributed by atoms with Crippen molar-refractivity contribution in [1.29, 1.82) is 0 Å². The first kappa shape index (κ1) is 11.9. The number of nitrogens with zero attached hydrogens (tertiary/aromatic N) is 1. The molecule has 1 heterocycles. The Balaban J connectivity index is 2.24. The molecule has 1 N–H and O–H groups in total. The molecule has 4 nitrogen and oxygen atoms in total. The van der Waals surface area contributed by atoms with Gasteiger partial charge in [-0.2, -0.15) is 0 Å². The fraction of sp³-hybridized carbons (Fsp3) is 0. The standard InChI is InChI=1S/C14H11NO3/c16-14(17)12(13-8-4-5-9-15-13)10-18-11-6-2-1-3-7-11/h1-10H,(H,16,17). The number of carbonyl (C=O) groups is 1. The van der Waals surface area contributed by atoms with Gasteiger partial charge in [0.25, 0.3) is 0 Å². The third-order valence-corrected chi connectivity index (χ3v) is 2.23. The Bertz CT molecular complexity index is 550. The van der Waals surface area contributed by atoms with E-state index < -0.39 is 5.97 Å². The highest BCUT2D eigenvalue weighted by atomic mass is 16.5. The van der Waals surface area contributed by atoms with Crippen LogP contribution >= 0.6 is 0 Å². The first-order valence-electron chi connectivity index (χ1n) is 5.34. The summed E-state index contributed by atoms with van der Waals surface area (Å²) in [6.07, 6.45) is 2.73. The van der Waals surface area contributed by atoms with Gasteiger partial charge in [-0.15, -0.1) is 0 Å². The molecule has 0 saturated carbocycles. The summed E-state index contributed by atoms with van der Waals surface area (Å²) >= 11 is 0. The molecule has 0 aliphatic rings. The number of carboxylic acids is 1. The molecule has 1 aromatic heterocycles. The summed E-state index contributed by atoms with van der Waals surface area (Å²) in [6, 6.07) is 14.0. The van der Waals surface area contributed by atoms with E-state index in [0.29, 0.717) is 11.4 Å². The van der Waals surface area contributed by atoms with Gasteiger partial charge in [-0.1, -0.05) is 24.3 Å². The zero-order valence-electron chi connectivity index (χ0n) is 9.48. The number of rotatable bonds is 4. The van der Waals surface area contributed by atoms with Crippen molar-refractivity contribution in [2.75, 3.05) is 0 Å². The van der Waals surface area contributed by atoms with Gasteiger partial charge in [0.2, 0.25) is 0 Å². The average molecular weight is 241 g/mol.